The van der Waals surface area contributed by atoms with Gasteiger partial charge in [-0.25, -0.2) is 4.98 Å². The first kappa shape index (κ1) is 13.3. The molecule has 3 N–H and O–H groups in total. The van der Waals surface area contributed by atoms with Crippen LogP contribution in [0.15, 0.2) is 43.0 Å². The number of anilines is 1. The topological polar surface area (TPSA) is 72.9 Å². The van der Waals surface area contributed by atoms with Crippen molar-refractivity contribution in [2.24, 2.45) is 11.7 Å². The number of hydrogen-bond acceptors (Lipinski definition) is 3. The van der Waals surface area contributed by atoms with Gasteiger partial charge in [-0.1, -0.05) is 13.0 Å². The standard InChI is InChI=1S/C14H18N4O/c1-11(5-6-15)14(19)17-12-3-2-4-13(9-12)18-8-7-16-10-18/h2-4,7-11H,5-6,15H2,1H3,(H,17,19). The first-order valence-corrected chi connectivity index (χ1v) is 6.30. The van der Waals surface area contributed by atoms with E-state index in [9.17, 15) is 4.79 Å². The van der Waals surface area contributed by atoms with E-state index in [1.165, 1.54) is 0 Å². The second-order valence-electron chi connectivity index (χ2n) is 4.49. The molecule has 0 aliphatic rings. The lowest BCUT2D eigenvalue weighted by atomic mass is 10.1. The molecule has 0 bridgehead atoms. The molecule has 1 atom stereocenters. The monoisotopic (exact) mass is 258 g/mol. The molecule has 0 spiro atoms. The summed E-state index contributed by atoms with van der Waals surface area (Å²) in [7, 11) is 0. The third-order valence-corrected chi connectivity index (χ3v) is 2.96. The normalized spacial score (nSPS) is 12.1. The fourth-order valence-electron chi connectivity index (χ4n) is 1.80. The smallest absolute Gasteiger partial charge is 0.227 e. The molecule has 5 nitrogen and oxygen atoms in total. The maximum atomic E-state index is 11.9. The van der Waals surface area contributed by atoms with Crippen LogP contribution in [-0.4, -0.2) is 22.0 Å². The minimum absolute atomic E-state index is 0.00627. The SMILES string of the molecule is CC(CCN)C(=O)Nc1cccc(-n2ccnc2)c1. The van der Waals surface area contributed by atoms with Gasteiger partial charge in [-0.2, -0.15) is 0 Å². The average Bonchev–Trinajstić information content (AvgIpc) is 2.93. The number of hydrogen-bond donors (Lipinski definition) is 2. The van der Waals surface area contributed by atoms with Crippen LogP contribution in [0.4, 0.5) is 5.69 Å². The summed E-state index contributed by atoms with van der Waals surface area (Å²) in [4.78, 5) is 15.9. The van der Waals surface area contributed by atoms with E-state index in [2.05, 4.69) is 10.3 Å². The van der Waals surface area contributed by atoms with Gasteiger partial charge in [0.25, 0.3) is 0 Å². The van der Waals surface area contributed by atoms with Crippen LogP contribution in [-0.2, 0) is 4.79 Å². The number of carbonyl (C=O) groups is 1. The summed E-state index contributed by atoms with van der Waals surface area (Å²) in [6.07, 6.45) is 5.98. The van der Waals surface area contributed by atoms with Gasteiger partial charge in [0, 0.05) is 29.7 Å². The summed E-state index contributed by atoms with van der Waals surface area (Å²) >= 11 is 0. The molecule has 0 saturated carbocycles. The minimum atomic E-state index is -0.0816. The molecule has 1 unspecified atom stereocenters. The second kappa shape index (κ2) is 6.15. The second-order valence-corrected chi connectivity index (χ2v) is 4.49. The Kier molecular flexibility index (Phi) is 4.30. The lowest BCUT2D eigenvalue weighted by molar-refractivity contribution is -0.119. The summed E-state index contributed by atoms with van der Waals surface area (Å²) in [5.41, 5.74) is 7.20. The molecule has 0 aliphatic carbocycles. The van der Waals surface area contributed by atoms with Crippen molar-refractivity contribution >= 4 is 11.6 Å². The van der Waals surface area contributed by atoms with Crippen molar-refractivity contribution in [3.63, 3.8) is 0 Å². The van der Waals surface area contributed by atoms with Crippen molar-refractivity contribution in [1.29, 1.82) is 0 Å². The zero-order valence-electron chi connectivity index (χ0n) is 10.9. The number of nitrogens with one attached hydrogen (secondary N) is 1. The van der Waals surface area contributed by atoms with Gasteiger partial charge in [-0.05, 0) is 31.2 Å². The fourth-order valence-corrected chi connectivity index (χ4v) is 1.80. The maximum Gasteiger partial charge on any atom is 0.227 e. The highest BCUT2D eigenvalue weighted by molar-refractivity contribution is 5.92. The van der Waals surface area contributed by atoms with Crippen LogP contribution in [0.2, 0.25) is 0 Å². The predicted octanol–water partition coefficient (Wildman–Crippen LogP) is 1.80. The highest BCUT2D eigenvalue weighted by Gasteiger charge is 2.12. The molecule has 1 aromatic heterocycles. The molecule has 0 radical (unpaired) electrons. The van der Waals surface area contributed by atoms with Crippen molar-refractivity contribution in [1.82, 2.24) is 9.55 Å². The van der Waals surface area contributed by atoms with Crippen LogP contribution < -0.4 is 11.1 Å². The molecule has 0 saturated heterocycles. The molecule has 1 aromatic carbocycles. The molecule has 0 aliphatic heterocycles. The summed E-state index contributed by atoms with van der Waals surface area (Å²) in [5, 5.41) is 2.90. The zero-order valence-corrected chi connectivity index (χ0v) is 10.9. The van der Waals surface area contributed by atoms with Gasteiger partial charge in [0.05, 0.1) is 6.33 Å². The quantitative estimate of drug-likeness (QED) is 0.858. The van der Waals surface area contributed by atoms with Crippen molar-refractivity contribution in [3.05, 3.63) is 43.0 Å². The molecule has 2 rings (SSSR count). The minimum Gasteiger partial charge on any atom is -0.330 e. The van der Waals surface area contributed by atoms with Crippen LogP contribution >= 0.6 is 0 Å². The molecule has 5 heteroatoms. The Bertz CT molecular complexity index is 536. The Morgan fingerprint density at radius 2 is 2.37 bits per heavy atom. The largest absolute Gasteiger partial charge is 0.330 e. The van der Waals surface area contributed by atoms with E-state index in [0.29, 0.717) is 13.0 Å². The van der Waals surface area contributed by atoms with Crippen LogP contribution in [0, 0.1) is 5.92 Å². The molecular weight excluding hydrogens is 240 g/mol. The van der Waals surface area contributed by atoms with E-state index in [-0.39, 0.29) is 11.8 Å². The molecular formula is C14H18N4O. The Labute approximate surface area is 112 Å². The maximum absolute atomic E-state index is 11.9. The zero-order chi connectivity index (χ0) is 13.7. The van der Waals surface area contributed by atoms with E-state index in [1.54, 1.807) is 12.5 Å². The van der Waals surface area contributed by atoms with Crippen molar-refractivity contribution < 1.29 is 4.79 Å². The highest BCUT2D eigenvalue weighted by atomic mass is 16.1. The van der Waals surface area contributed by atoms with Gasteiger partial charge in [0.1, 0.15) is 0 Å². The molecule has 0 fully saturated rings. The number of amides is 1. The van der Waals surface area contributed by atoms with Crippen molar-refractivity contribution in [3.8, 4) is 5.69 Å². The van der Waals surface area contributed by atoms with Gasteiger partial charge in [-0.3, -0.25) is 4.79 Å². The summed E-state index contributed by atoms with van der Waals surface area (Å²) in [6, 6.07) is 7.64. The number of aromatic nitrogens is 2. The number of imidazole rings is 1. The summed E-state index contributed by atoms with van der Waals surface area (Å²) in [5.74, 6) is -0.0878. The Hall–Kier alpha value is -2.14. The number of nitrogens with zero attached hydrogens (tertiary/aromatic N) is 2. The Morgan fingerprint density at radius 1 is 1.53 bits per heavy atom. The van der Waals surface area contributed by atoms with Crippen LogP contribution in [0.5, 0.6) is 0 Å². The summed E-state index contributed by atoms with van der Waals surface area (Å²) in [6.45, 7) is 2.39. The van der Waals surface area contributed by atoms with E-state index < -0.39 is 0 Å². The highest BCUT2D eigenvalue weighted by Crippen LogP contribution is 2.15. The van der Waals surface area contributed by atoms with Gasteiger partial charge in [0.2, 0.25) is 5.91 Å². The fraction of sp³-hybridized carbons (Fsp3) is 0.286. The predicted molar refractivity (Wildman–Crippen MR) is 75.0 cm³/mol. The van der Waals surface area contributed by atoms with Gasteiger partial charge in [-0.15, -0.1) is 0 Å². The van der Waals surface area contributed by atoms with E-state index in [1.807, 2.05) is 42.0 Å². The molecule has 1 heterocycles. The Balaban J connectivity index is 2.09. The van der Waals surface area contributed by atoms with Crippen LogP contribution in [0.1, 0.15) is 13.3 Å². The van der Waals surface area contributed by atoms with E-state index in [0.717, 1.165) is 11.4 Å². The van der Waals surface area contributed by atoms with Gasteiger partial charge < -0.3 is 15.6 Å². The lowest BCUT2D eigenvalue weighted by Gasteiger charge is -2.12. The van der Waals surface area contributed by atoms with Crippen LogP contribution in [0.25, 0.3) is 5.69 Å². The van der Waals surface area contributed by atoms with Gasteiger partial charge >= 0.3 is 0 Å². The molecule has 2 aromatic rings. The third kappa shape index (κ3) is 3.42. The number of rotatable bonds is 5. The van der Waals surface area contributed by atoms with Crippen molar-refractivity contribution in [2.75, 3.05) is 11.9 Å². The Morgan fingerprint density at radius 3 is 3.05 bits per heavy atom. The average molecular weight is 258 g/mol. The van der Waals surface area contributed by atoms with Gasteiger partial charge in [0.15, 0.2) is 0 Å². The van der Waals surface area contributed by atoms with Crippen LogP contribution in [0.3, 0.4) is 0 Å². The molecule has 19 heavy (non-hydrogen) atoms. The van der Waals surface area contributed by atoms with E-state index in [4.69, 9.17) is 5.73 Å². The first-order valence-electron chi connectivity index (χ1n) is 6.30. The van der Waals surface area contributed by atoms with E-state index >= 15 is 0 Å². The number of carbonyl (C=O) groups excluding carboxylic acids is 1. The molecule has 100 valence electrons. The molecule has 1 amide bonds. The summed E-state index contributed by atoms with van der Waals surface area (Å²) < 4.78 is 1.89. The lowest BCUT2D eigenvalue weighted by Crippen LogP contribution is -2.22. The first-order chi connectivity index (χ1) is 9.20. The third-order valence-electron chi connectivity index (χ3n) is 2.96. The number of benzene rings is 1. The number of nitrogens with two attached hydrogens (primary N) is 1. The van der Waals surface area contributed by atoms with Crippen molar-refractivity contribution in [2.45, 2.75) is 13.3 Å².